The van der Waals surface area contributed by atoms with Crippen LogP contribution in [-0.4, -0.2) is 14.2 Å². The average Bonchev–Trinajstić information content (AvgIpc) is 2.73. The Labute approximate surface area is 162 Å². The Balaban J connectivity index is 2.04. The van der Waals surface area contributed by atoms with Gasteiger partial charge in [-0.1, -0.05) is 48.5 Å². The van der Waals surface area contributed by atoms with Crippen molar-refractivity contribution >= 4 is 10.8 Å². The van der Waals surface area contributed by atoms with Crippen molar-refractivity contribution < 1.29 is 18.3 Å². The third-order valence-electron chi connectivity index (χ3n) is 4.83. The van der Waals surface area contributed by atoms with Crippen molar-refractivity contribution in [2.24, 2.45) is 0 Å². The number of ether oxygens (including phenoxy) is 2. The minimum atomic E-state index is -0.648. The van der Waals surface area contributed by atoms with Crippen molar-refractivity contribution in [1.29, 1.82) is 0 Å². The van der Waals surface area contributed by atoms with E-state index in [1.807, 2.05) is 30.3 Å². The van der Waals surface area contributed by atoms with Gasteiger partial charge in [0.15, 0.2) is 0 Å². The van der Waals surface area contributed by atoms with Crippen molar-refractivity contribution in [3.8, 4) is 33.8 Å². The fourth-order valence-corrected chi connectivity index (χ4v) is 3.51. The molecule has 2 nitrogen and oxygen atoms in total. The van der Waals surface area contributed by atoms with Gasteiger partial charge in [0.1, 0.15) is 23.1 Å². The molecule has 0 aliphatic carbocycles. The molecular weight excluding hydrogens is 358 g/mol. The molecule has 4 aromatic carbocycles. The van der Waals surface area contributed by atoms with Crippen LogP contribution in [0, 0.1) is 11.6 Å². The number of halogens is 2. The highest BCUT2D eigenvalue weighted by Gasteiger charge is 2.19. The quantitative estimate of drug-likeness (QED) is 0.406. The van der Waals surface area contributed by atoms with Crippen molar-refractivity contribution in [3.63, 3.8) is 0 Å². The molecule has 0 heterocycles. The van der Waals surface area contributed by atoms with E-state index in [1.165, 1.54) is 20.3 Å². The second kappa shape index (κ2) is 7.31. The summed E-state index contributed by atoms with van der Waals surface area (Å²) in [5.74, 6) is -0.255. The monoisotopic (exact) mass is 376 g/mol. The maximum atomic E-state index is 14.9. The molecule has 0 aliphatic heterocycles. The SMILES string of the molecule is COc1ccccc1-c1cc(-c2c(OC)ccc3ccccc23)c(F)cc1F. The van der Waals surface area contributed by atoms with Crippen molar-refractivity contribution in [3.05, 3.63) is 84.4 Å². The van der Waals surface area contributed by atoms with Crippen LogP contribution in [0.15, 0.2) is 72.8 Å². The van der Waals surface area contributed by atoms with Crippen molar-refractivity contribution in [2.45, 2.75) is 0 Å². The fraction of sp³-hybridized carbons (Fsp3) is 0.0833. The maximum absolute atomic E-state index is 14.9. The molecule has 0 bridgehead atoms. The van der Waals surface area contributed by atoms with Gasteiger partial charge in [0, 0.05) is 28.3 Å². The maximum Gasteiger partial charge on any atom is 0.134 e. The molecule has 0 spiro atoms. The summed E-state index contributed by atoms with van der Waals surface area (Å²) < 4.78 is 40.5. The third kappa shape index (κ3) is 2.97. The summed E-state index contributed by atoms with van der Waals surface area (Å²) in [6, 6.07) is 20.9. The lowest BCUT2D eigenvalue weighted by atomic mass is 9.93. The minimum absolute atomic E-state index is 0.267. The fourth-order valence-electron chi connectivity index (χ4n) is 3.51. The first kappa shape index (κ1) is 18.0. The number of hydrogen-bond acceptors (Lipinski definition) is 2. The first-order valence-electron chi connectivity index (χ1n) is 8.82. The van der Waals surface area contributed by atoms with Gasteiger partial charge in [-0.05, 0) is 29.0 Å². The molecule has 4 rings (SSSR count). The summed E-state index contributed by atoms with van der Waals surface area (Å²) in [7, 11) is 3.06. The zero-order valence-electron chi connectivity index (χ0n) is 15.5. The molecule has 0 amide bonds. The van der Waals surface area contributed by atoms with Crippen molar-refractivity contribution in [1.82, 2.24) is 0 Å². The summed E-state index contributed by atoms with van der Waals surface area (Å²) >= 11 is 0. The lowest BCUT2D eigenvalue weighted by molar-refractivity contribution is 0.416. The van der Waals surface area contributed by atoms with Gasteiger partial charge in [-0.3, -0.25) is 0 Å². The lowest BCUT2D eigenvalue weighted by Crippen LogP contribution is -1.96. The van der Waals surface area contributed by atoms with E-state index in [0.717, 1.165) is 16.8 Å². The molecule has 0 saturated heterocycles. The van der Waals surface area contributed by atoms with E-state index in [9.17, 15) is 8.78 Å². The first-order valence-corrected chi connectivity index (χ1v) is 8.82. The first-order chi connectivity index (χ1) is 13.6. The van der Waals surface area contributed by atoms with Crippen LogP contribution < -0.4 is 9.47 Å². The standard InChI is InChI=1S/C24H18F2O2/c1-27-22-10-6-5-9-17(22)18-13-19(21(26)14-20(18)25)24-16-8-4-3-7-15(16)11-12-23(24)28-2/h3-14H,1-2H3. The summed E-state index contributed by atoms with van der Waals surface area (Å²) in [5, 5.41) is 1.78. The summed E-state index contributed by atoms with van der Waals surface area (Å²) in [4.78, 5) is 0. The molecule has 0 N–H and O–H groups in total. The molecule has 0 aromatic heterocycles. The Bertz CT molecular complexity index is 1170. The number of hydrogen-bond donors (Lipinski definition) is 0. The zero-order valence-corrected chi connectivity index (χ0v) is 15.5. The van der Waals surface area contributed by atoms with E-state index in [2.05, 4.69) is 0 Å². The highest BCUT2D eigenvalue weighted by atomic mass is 19.1. The predicted octanol–water partition coefficient (Wildman–Crippen LogP) is 6.47. The highest BCUT2D eigenvalue weighted by molar-refractivity contribution is 6.00. The molecular formula is C24H18F2O2. The van der Waals surface area contributed by atoms with Gasteiger partial charge < -0.3 is 9.47 Å². The van der Waals surface area contributed by atoms with E-state index in [-0.39, 0.29) is 11.1 Å². The Kier molecular flexibility index (Phi) is 4.70. The number of para-hydroxylation sites is 1. The predicted molar refractivity (Wildman–Crippen MR) is 108 cm³/mol. The molecule has 4 heteroatoms. The smallest absolute Gasteiger partial charge is 0.134 e. The van der Waals surface area contributed by atoms with Crippen LogP contribution in [-0.2, 0) is 0 Å². The topological polar surface area (TPSA) is 18.5 Å². The molecule has 4 aromatic rings. The van der Waals surface area contributed by atoms with Gasteiger partial charge in [0.2, 0.25) is 0 Å². The second-order valence-electron chi connectivity index (χ2n) is 6.38. The van der Waals surface area contributed by atoms with Gasteiger partial charge in [-0.2, -0.15) is 0 Å². The highest BCUT2D eigenvalue weighted by Crippen LogP contribution is 2.41. The number of rotatable bonds is 4. The van der Waals surface area contributed by atoms with Crippen LogP contribution in [0.3, 0.4) is 0 Å². The Hall–Kier alpha value is -3.40. The number of benzene rings is 4. The Morgan fingerprint density at radius 1 is 0.607 bits per heavy atom. The lowest BCUT2D eigenvalue weighted by Gasteiger charge is -2.16. The van der Waals surface area contributed by atoms with Crippen LogP contribution in [0.1, 0.15) is 0 Å². The van der Waals surface area contributed by atoms with E-state index in [0.29, 0.717) is 22.6 Å². The van der Waals surface area contributed by atoms with E-state index in [1.54, 1.807) is 30.3 Å². The van der Waals surface area contributed by atoms with Gasteiger partial charge in [0.05, 0.1) is 14.2 Å². The zero-order chi connectivity index (χ0) is 19.7. The van der Waals surface area contributed by atoms with Gasteiger partial charge in [-0.15, -0.1) is 0 Å². The molecule has 0 fully saturated rings. The summed E-state index contributed by atoms with van der Waals surface area (Å²) in [6.45, 7) is 0. The summed E-state index contributed by atoms with van der Waals surface area (Å²) in [5.41, 5.74) is 1.69. The van der Waals surface area contributed by atoms with Crippen LogP contribution in [0.4, 0.5) is 8.78 Å². The average molecular weight is 376 g/mol. The molecule has 0 aliphatic rings. The largest absolute Gasteiger partial charge is 0.496 e. The van der Waals surface area contributed by atoms with Gasteiger partial charge >= 0.3 is 0 Å². The molecule has 140 valence electrons. The van der Waals surface area contributed by atoms with Gasteiger partial charge in [0.25, 0.3) is 0 Å². The number of methoxy groups -OCH3 is 2. The van der Waals surface area contributed by atoms with Crippen LogP contribution >= 0.6 is 0 Å². The second-order valence-corrected chi connectivity index (χ2v) is 6.38. The van der Waals surface area contributed by atoms with Crippen LogP contribution in [0.2, 0.25) is 0 Å². The Morgan fingerprint density at radius 2 is 1.29 bits per heavy atom. The van der Waals surface area contributed by atoms with Crippen LogP contribution in [0.5, 0.6) is 11.5 Å². The van der Waals surface area contributed by atoms with E-state index >= 15 is 0 Å². The molecule has 0 saturated carbocycles. The van der Waals surface area contributed by atoms with Crippen molar-refractivity contribution in [2.75, 3.05) is 14.2 Å². The molecule has 28 heavy (non-hydrogen) atoms. The van der Waals surface area contributed by atoms with E-state index < -0.39 is 11.6 Å². The Morgan fingerprint density at radius 3 is 2.07 bits per heavy atom. The molecule has 0 radical (unpaired) electrons. The normalized spacial score (nSPS) is 10.9. The molecule has 0 atom stereocenters. The minimum Gasteiger partial charge on any atom is -0.496 e. The number of fused-ring (bicyclic) bond motifs is 1. The van der Waals surface area contributed by atoms with Gasteiger partial charge in [-0.25, -0.2) is 8.78 Å². The molecule has 0 unspecified atom stereocenters. The summed E-state index contributed by atoms with van der Waals surface area (Å²) in [6.07, 6.45) is 0. The van der Waals surface area contributed by atoms with Crippen LogP contribution in [0.25, 0.3) is 33.0 Å². The third-order valence-corrected chi connectivity index (χ3v) is 4.83. The van der Waals surface area contributed by atoms with E-state index in [4.69, 9.17) is 9.47 Å².